The number of benzene rings is 1. The number of alkyl halides is 3. The van der Waals surface area contributed by atoms with Crippen molar-refractivity contribution < 1.29 is 18.0 Å². The fourth-order valence-electron chi connectivity index (χ4n) is 1.21. The molecule has 0 radical (unpaired) electrons. The van der Waals surface area contributed by atoms with Crippen LogP contribution in [0.5, 0.6) is 0 Å². The van der Waals surface area contributed by atoms with Gasteiger partial charge < -0.3 is 0 Å². The molecule has 0 aliphatic carbocycles. The molecule has 0 aromatic heterocycles. The second-order valence-corrected chi connectivity index (χ2v) is 4.35. The molecule has 0 aliphatic rings. The minimum atomic E-state index is -4.40. The minimum Gasteiger partial charge on any atom is -0.295 e. The van der Waals surface area contributed by atoms with E-state index in [0.717, 1.165) is 12.1 Å². The Morgan fingerprint density at radius 3 is 2.27 bits per heavy atom. The second-order valence-electron chi connectivity index (χ2n) is 3.18. The van der Waals surface area contributed by atoms with Gasteiger partial charge in [0.25, 0.3) is 0 Å². The van der Waals surface area contributed by atoms with Gasteiger partial charge in [-0.1, -0.05) is 0 Å². The highest BCUT2D eigenvalue weighted by atomic mass is 127. The number of ketones is 1. The summed E-state index contributed by atoms with van der Waals surface area (Å²) in [6.07, 6.45) is -4.40. The van der Waals surface area contributed by atoms with E-state index in [1.54, 1.807) is 29.5 Å². The molecule has 1 rings (SSSR count). The smallest absolute Gasteiger partial charge is 0.295 e. The first-order valence-electron chi connectivity index (χ1n) is 4.11. The van der Waals surface area contributed by atoms with Crippen LogP contribution in [0.1, 0.15) is 28.4 Å². The van der Waals surface area contributed by atoms with Crippen LogP contribution in [0.2, 0.25) is 0 Å². The van der Waals surface area contributed by atoms with Crippen LogP contribution >= 0.6 is 22.6 Å². The lowest BCUT2D eigenvalue weighted by molar-refractivity contribution is -0.137. The molecule has 0 saturated heterocycles. The Morgan fingerprint density at radius 1 is 1.33 bits per heavy atom. The SMILES string of the molecule is CC(=O)c1cc(C(F)(F)F)cc(I)c1C. The van der Waals surface area contributed by atoms with Gasteiger partial charge in [-0.25, -0.2) is 0 Å². The summed E-state index contributed by atoms with van der Waals surface area (Å²) < 4.78 is 37.7. The van der Waals surface area contributed by atoms with Gasteiger partial charge in [-0.3, -0.25) is 4.79 Å². The molecule has 0 aliphatic heterocycles. The zero-order valence-electron chi connectivity index (χ0n) is 8.07. The molecule has 0 spiro atoms. The van der Waals surface area contributed by atoms with Crippen LogP contribution in [0.25, 0.3) is 0 Å². The van der Waals surface area contributed by atoms with Crippen molar-refractivity contribution in [2.75, 3.05) is 0 Å². The maximum atomic E-state index is 12.4. The summed E-state index contributed by atoms with van der Waals surface area (Å²) in [7, 11) is 0. The van der Waals surface area contributed by atoms with Crippen molar-refractivity contribution in [2.45, 2.75) is 20.0 Å². The van der Waals surface area contributed by atoms with Gasteiger partial charge in [-0.15, -0.1) is 0 Å². The van der Waals surface area contributed by atoms with E-state index in [-0.39, 0.29) is 11.3 Å². The van der Waals surface area contributed by atoms with Crippen molar-refractivity contribution in [3.8, 4) is 0 Å². The molecule has 0 amide bonds. The standard InChI is InChI=1S/C10H8F3IO/c1-5-8(6(2)15)3-7(4-9(5)14)10(11,12)13/h3-4H,1-2H3. The Hall–Kier alpha value is -0.590. The fraction of sp³-hybridized carbons (Fsp3) is 0.300. The van der Waals surface area contributed by atoms with E-state index in [9.17, 15) is 18.0 Å². The monoisotopic (exact) mass is 328 g/mol. The van der Waals surface area contributed by atoms with Crippen molar-refractivity contribution in [1.82, 2.24) is 0 Å². The first-order valence-corrected chi connectivity index (χ1v) is 5.19. The lowest BCUT2D eigenvalue weighted by atomic mass is 10.0. The van der Waals surface area contributed by atoms with E-state index in [1.807, 2.05) is 0 Å². The molecule has 0 saturated carbocycles. The number of carbonyl (C=O) groups excluding carboxylic acids is 1. The maximum absolute atomic E-state index is 12.4. The zero-order chi connectivity index (χ0) is 11.8. The Labute approximate surface area is 98.8 Å². The molecule has 0 fully saturated rings. The molecular formula is C10H8F3IO. The van der Waals surface area contributed by atoms with Crippen molar-refractivity contribution in [1.29, 1.82) is 0 Å². The number of carbonyl (C=O) groups is 1. The molecule has 0 bridgehead atoms. The third kappa shape index (κ3) is 2.70. The first-order chi connectivity index (χ1) is 6.73. The molecule has 82 valence electrons. The minimum absolute atomic E-state index is 0.134. The van der Waals surface area contributed by atoms with Gasteiger partial charge in [0.2, 0.25) is 0 Å². The van der Waals surface area contributed by atoms with Crippen LogP contribution in [0, 0.1) is 10.5 Å². The van der Waals surface area contributed by atoms with Crippen LogP contribution in [-0.2, 0) is 6.18 Å². The molecule has 0 N–H and O–H groups in total. The Balaban J connectivity index is 3.43. The van der Waals surface area contributed by atoms with Crippen LogP contribution in [-0.4, -0.2) is 5.78 Å². The van der Waals surface area contributed by atoms with Gasteiger partial charge >= 0.3 is 6.18 Å². The largest absolute Gasteiger partial charge is 0.416 e. The summed E-state index contributed by atoms with van der Waals surface area (Å²) in [5.41, 5.74) is -0.0481. The highest BCUT2D eigenvalue weighted by Gasteiger charge is 2.31. The number of hydrogen-bond donors (Lipinski definition) is 0. The number of halogens is 4. The fourth-order valence-corrected chi connectivity index (χ4v) is 1.83. The van der Waals surface area contributed by atoms with Crippen LogP contribution in [0.3, 0.4) is 0 Å². The average molecular weight is 328 g/mol. The first kappa shape index (κ1) is 12.5. The van der Waals surface area contributed by atoms with Gasteiger partial charge in [-0.05, 0) is 54.1 Å². The van der Waals surface area contributed by atoms with E-state index in [1.165, 1.54) is 6.92 Å². The van der Waals surface area contributed by atoms with Crippen LogP contribution < -0.4 is 0 Å². The summed E-state index contributed by atoms with van der Waals surface area (Å²) >= 11 is 1.80. The maximum Gasteiger partial charge on any atom is 0.416 e. The van der Waals surface area contributed by atoms with Crippen molar-refractivity contribution >= 4 is 28.4 Å². The number of Topliss-reactive ketones (excluding diaryl/α,β-unsaturated/α-hetero) is 1. The Bertz CT molecular complexity index is 410. The summed E-state index contributed by atoms with van der Waals surface area (Å²) in [5, 5.41) is 0. The molecule has 0 heterocycles. The molecule has 1 aromatic carbocycles. The summed E-state index contributed by atoms with van der Waals surface area (Å²) in [6.45, 7) is 2.90. The van der Waals surface area contributed by atoms with Gasteiger partial charge in [0, 0.05) is 9.13 Å². The summed E-state index contributed by atoms with van der Waals surface area (Å²) in [5.74, 6) is -0.350. The van der Waals surface area contributed by atoms with Crippen molar-refractivity contribution in [3.63, 3.8) is 0 Å². The second kappa shape index (κ2) is 4.11. The lowest BCUT2D eigenvalue weighted by Gasteiger charge is -2.11. The van der Waals surface area contributed by atoms with Crippen LogP contribution in [0.4, 0.5) is 13.2 Å². The van der Waals surface area contributed by atoms with Crippen molar-refractivity contribution in [3.05, 3.63) is 32.4 Å². The summed E-state index contributed by atoms with van der Waals surface area (Å²) in [6, 6.07) is 1.95. The van der Waals surface area contributed by atoms with E-state index >= 15 is 0 Å². The molecule has 15 heavy (non-hydrogen) atoms. The predicted octanol–water partition coefficient (Wildman–Crippen LogP) is 3.82. The molecule has 1 aromatic rings. The van der Waals surface area contributed by atoms with Gasteiger partial charge in [0.15, 0.2) is 5.78 Å². The van der Waals surface area contributed by atoms with E-state index in [0.29, 0.717) is 9.13 Å². The van der Waals surface area contributed by atoms with E-state index < -0.39 is 11.7 Å². The van der Waals surface area contributed by atoms with E-state index in [2.05, 4.69) is 0 Å². The number of rotatable bonds is 1. The third-order valence-electron chi connectivity index (χ3n) is 2.05. The van der Waals surface area contributed by atoms with Crippen molar-refractivity contribution in [2.24, 2.45) is 0 Å². The van der Waals surface area contributed by atoms with Crippen LogP contribution in [0.15, 0.2) is 12.1 Å². The molecule has 1 nitrogen and oxygen atoms in total. The predicted molar refractivity (Wildman–Crippen MR) is 58.9 cm³/mol. The van der Waals surface area contributed by atoms with E-state index in [4.69, 9.17) is 0 Å². The molecule has 5 heteroatoms. The Kier molecular flexibility index (Phi) is 3.42. The van der Waals surface area contributed by atoms with Gasteiger partial charge in [-0.2, -0.15) is 13.2 Å². The third-order valence-corrected chi connectivity index (χ3v) is 3.17. The normalized spacial score (nSPS) is 11.6. The van der Waals surface area contributed by atoms with Gasteiger partial charge in [0.05, 0.1) is 5.56 Å². The molecular weight excluding hydrogens is 320 g/mol. The lowest BCUT2D eigenvalue weighted by Crippen LogP contribution is -2.09. The Morgan fingerprint density at radius 2 is 1.87 bits per heavy atom. The topological polar surface area (TPSA) is 17.1 Å². The number of hydrogen-bond acceptors (Lipinski definition) is 1. The molecule has 0 unspecified atom stereocenters. The highest BCUT2D eigenvalue weighted by molar-refractivity contribution is 14.1. The average Bonchev–Trinajstić information content (AvgIpc) is 2.06. The molecule has 0 atom stereocenters. The quantitative estimate of drug-likeness (QED) is 0.566. The highest BCUT2D eigenvalue weighted by Crippen LogP contribution is 2.32. The van der Waals surface area contributed by atoms with Gasteiger partial charge in [0.1, 0.15) is 0 Å². The zero-order valence-corrected chi connectivity index (χ0v) is 10.2. The summed E-state index contributed by atoms with van der Waals surface area (Å²) in [4.78, 5) is 11.1.